The first-order valence-electron chi connectivity index (χ1n) is 11.8. The molecule has 0 radical (unpaired) electrons. The fourth-order valence-electron chi connectivity index (χ4n) is 4.18. The number of benzene rings is 1. The molecule has 2 amide bonds. The van der Waals surface area contributed by atoms with E-state index in [1.54, 1.807) is 6.92 Å². The molecule has 0 bridgehead atoms. The van der Waals surface area contributed by atoms with E-state index < -0.39 is 0 Å². The number of carbonyl (C=O) groups is 3. The summed E-state index contributed by atoms with van der Waals surface area (Å²) in [5.74, 6) is -0.687. The van der Waals surface area contributed by atoms with Crippen molar-refractivity contribution in [3.05, 3.63) is 44.6 Å². The topological polar surface area (TPSA) is 89.8 Å². The van der Waals surface area contributed by atoms with Crippen molar-refractivity contribution in [2.24, 2.45) is 4.99 Å². The highest BCUT2D eigenvalue weighted by Crippen LogP contribution is 2.38. The molecule has 35 heavy (non-hydrogen) atoms. The van der Waals surface area contributed by atoms with Crippen molar-refractivity contribution in [2.75, 3.05) is 23.4 Å². The number of aromatic nitrogens is 1. The summed E-state index contributed by atoms with van der Waals surface area (Å²) in [5.41, 5.74) is 3.75. The highest BCUT2D eigenvalue weighted by Gasteiger charge is 2.27. The first-order valence-corrected chi connectivity index (χ1v) is 14.6. The van der Waals surface area contributed by atoms with Gasteiger partial charge in [0.25, 0.3) is 5.91 Å². The molecule has 2 aromatic heterocycles. The van der Waals surface area contributed by atoms with Gasteiger partial charge in [-0.2, -0.15) is 4.99 Å². The second-order valence-electron chi connectivity index (χ2n) is 8.28. The van der Waals surface area contributed by atoms with Crippen LogP contribution in [0.5, 0.6) is 0 Å². The van der Waals surface area contributed by atoms with Gasteiger partial charge in [0.05, 0.1) is 33.9 Å². The average Bonchev–Trinajstić information content (AvgIpc) is 3.35. The number of nitrogens with one attached hydrogen (secondary N) is 1. The predicted octanol–water partition coefficient (Wildman–Crippen LogP) is 4.95. The first kappa shape index (κ1) is 25.7. The van der Waals surface area contributed by atoms with Crippen molar-refractivity contribution in [3.63, 3.8) is 0 Å². The van der Waals surface area contributed by atoms with Crippen LogP contribution in [0.3, 0.4) is 0 Å². The molecule has 1 N–H and O–H groups in total. The van der Waals surface area contributed by atoms with Gasteiger partial charge in [-0.25, -0.2) is 4.79 Å². The van der Waals surface area contributed by atoms with E-state index in [0.29, 0.717) is 15.4 Å². The van der Waals surface area contributed by atoms with Crippen LogP contribution in [-0.2, 0) is 33.7 Å². The second-order valence-corrected chi connectivity index (χ2v) is 11.4. The maximum absolute atomic E-state index is 12.6. The molecule has 2 heterocycles. The molecule has 3 aromatic rings. The normalized spacial score (nSPS) is 13.6. The van der Waals surface area contributed by atoms with Gasteiger partial charge < -0.3 is 14.6 Å². The molecule has 0 saturated heterocycles. The number of hydrogen-bond acceptors (Lipinski definition) is 7. The number of fused-ring (bicyclic) bond motifs is 2. The smallest absolute Gasteiger partial charge is 0.341 e. The van der Waals surface area contributed by atoms with Crippen LogP contribution in [0.25, 0.3) is 10.2 Å². The summed E-state index contributed by atoms with van der Waals surface area (Å²) in [5, 5.41) is 3.44. The van der Waals surface area contributed by atoms with Crippen LogP contribution in [-0.4, -0.2) is 40.5 Å². The van der Waals surface area contributed by atoms with E-state index in [0.717, 1.165) is 52.9 Å². The third-order valence-electron chi connectivity index (χ3n) is 5.74. The number of amides is 2. The Bertz CT molecular complexity index is 1340. The third-order valence-corrected chi connectivity index (χ3v) is 8.90. The Morgan fingerprint density at radius 3 is 2.71 bits per heavy atom. The number of nitrogens with zero attached hydrogens (tertiary/aromatic N) is 2. The quantitative estimate of drug-likeness (QED) is 0.416. The standard InChI is InChI=1S/C25H29N3O4S3/c1-4-28-17-11-10-15(3)12-19(17)35-25(28)27-21(30)14-33-13-20(29)26-23-22(24(31)32-5-2)16-8-6-7-9-18(16)34-23/h10-12H,4-9,13-14H2,1-3H3,(H,26,29). The van der Waals surface area contributed by atoms with E-state index in [9.17, 15) is 14.4 Å². The Balaban J connectivity index is 1.40. The van der Waals surface area contributed by atoms with Gasteiger partial charge in [-0.1, -0.05) is 17.4 Å². The molecule has 186 valence electrons. The number of thiophene rings is 1. The van der Waals surface area contributed by atoms with Gasteiger partial charge in [0.15, 0.2) is 4.80 Å². The van der Waals surface area contributed by atoms with E-state index in [4.69, 9.17) is 4.74 Å². The number of carbonyl (C=O) groups excluding carboxylic acids is 3. The van der Waals surface area contributed by atoms with Gasteiger partial charge in [0.2, 0.25) is 5.91 Å². The Morgan fingerprint density at radius 1 is 1.14 bits per heavy atom. The van der Waals surface area contributed by atoms with Gasteiger partial charge in [-0.05, 0) is 69.7 Å². The molecular formula is C25H29N3O4S3. The highest BCUT2D eigenvalue weighted by atomic mass is 32.2. The summed E-state index contributed by atoms with van der Waals surface area (Å²) in [6.45, 7) is 6.85. The van der Waals surface area contributed by atoms with E-state index in [1.807, 2.05) is 18.4 Å². The zero-order valence-corrected chi connectivity index (χ0v) is 22.6. The van der Waals surface area contributed by atoms with Crippen molar-refractivity contribution in [2.45, 2.75) is 53.0 Å². The zero-order chi connectivity index (χ0) is 24.9. The van der Waals surface area contributed by atoms with Gasteiger partial charge in [-0.3, -0.25) is 9.59 Å². The van der Waals surface area contributed by atoms with Crippen LogP contribution in [0, 0.1) is 6.92 Å². The predicted molar refractivity (Wildman–Crippen MR) is 144 cm³/mol. The fourth-order valence-corrected chi connectivity index (χ4v) is 7.28. The van der Waals surface area contributed by atoms with Crippen molar-refractivity contribution >= 4 is 67.4 Å². The van der Waals surface area contributed by atoms with Crippen LogP contribution in [0.4, 0.5) is 5.00 Å². The number of thioether (sulfide) groups is 1. The van der Waals surface area contributed by atoms with Crippen LogP contribution < -0.4 is 10.1 Å². The van der Waals surface area contributed by atoms with E-state index in [2.05, 4.69) is 28.5 Å². The molecule has 1 aromatic carbocycles. The molecule has 7 nitrogen and oxygen atoms in total. The van der Waals surface area contributed by atoms with Crippen molar-refractivity contribution < 1.29 is 19.1 Å². The lowest BCUT2D eigenvalue weighted by atomic mass is 9.95. The Labute approximate surface area is 216 Å². The summed E-state index contributed by atoms with van der Waals surface area (Å²) in [7, 11) is 0. The van der Waals surface area contributed by atoms with E-state index in [1.165, 1.54) is 40.0 Å². The highest BCUT2D eigenvalue weighted by molar-refractivity contribution is 8.00. The molecule has 0 aliphatic heterocycles. The molecule has 1 aliphatic rings. The average molecular weight is 532 g/mol. The lowest BCUT2D eigenvalue weighted by Crippen LogP contribution is -2.19. The molecule has 0 atom stereocenters. The lowest BCUT2D eigenvalue weighted by Gasteiger charge is -2.12. The van der Waals surface area contributed by atoms with Gasteiger partial charge >= 0.3 is 5.97 Å². The molecule has 0 saturated carbocycles. The maximum Gasteiger partial charge on any atom is 0.341 e. The van der Waals surface area contributed by atoms with E-state index >= 15 is 0 Å². The zero-order valence-electron chi connectivity index (χ0n) is 20.1. The van der Waals surface area contributed by atoms with Crippen LogP contribution in [0.15, 0.2) is 23.2 Å². The first-order chi connectivity index (χ1) is 16.9. The minimum Gasteiger partial charge on any atom is -0.462 e. The molecule has 1 aliphatic carbocycles. The summed E-state index contributed by atoms with van der Waals surface area (Å²) in [4.78, 5) is 43.9. The minimum absolute atomic E-state index is 0.103. The number of anilines is 1. The van der Waals surface area contributed by atoms with Crippen LogP contribution in [0.2, 0.25) is 0 Å². The Hall–Kier alpha value is -2.43. The van der Waals surface area contributed by atoms with Gasteiger partial charge in [0, 0.05) is 11.4 Å². The summed E-state index contributed by atoms with van der Waals surface area (Å²) in [6, 6.07) is 6.21. The Morgan fingerprint density at radius 2 is 1.94 bits per heavy atom. The number of rotatable bonds is 8. The second kappa shape index (κ2) is 11.5. The van der Waals surface area contributed by atoms with Crippen molar-refractivity contribution in [1.82, 2.24) is 4.57 Å². The molecular weight excluding hydrogens is 502 g/mol. The fraction of sp³-hybridized carbons (Fsp3) is 0.440. The van der Waals surface area contributed by atoms with Crippen LogP contribution in [0.1, 0.15) is 53.1 Å². The number of hydrogen-bond donors (Lipinski definition) is 1. The monoisotopic (exact) mass is 531 g/mol. The lowest BCUT2D eigenvalue weighted by molar-refractivity contribution is -0.115. The molecule has 0 fully saturated rings. The summed E-state index contributed by atoms with van der Waals surface area (Å²) in [6.07, 6.45) is 3.86. The number of thiazole rings is 1. The Kier molecular flexibility index (Phi) is 8.46. The van der Waals surface area contributed by atoms with Crippen LogP contribution >= 0.6 is 34.4 Å². The maximum atomic E-state index is 12.6. The molecule has 10 heteroatoms. The SMILES string of the molecule is CCOC(=O)c1c(NC(=O)CSCC(=O)N=c2sc3cc(C)ccc3n2CC)sc2c1CCCC2. The molecule has 4 rings (SSSR count). The van der Waals surface area contributed by atoms with E-state index in [-0.39, 0.29) is 35.9 Å². The van der Waals surface area contributed by atoms with Crippen molar-refractivity contribution in [1.29, 1.82) is 0 Å². The third kappa shape index (κ3) is 5.87. The van der Waals surface area contributed by atoms with Gasteiger partial charge in [0.1, 0.15) is 5.00 Å². The number of aryl methyl sites for hydroxylation is 3. The number of esters is 1. The largest absolute Gasteiger partial charge is 0.462 e. The van der Waals surface area contributed by atoms with Crippen molar-refractivity contribution in [3.8, 4) is 0 Å². The molecule has 0 unspecified atom stereocenters. The summed E-state index contributed by atoms with van der Waals surface area (Å²) >= 11 is 4.18. The summed E-state index contributed by atoms with van der Waals surface area (Å²) < 4.78 is 8.37. The molecule has 0 spiro atoms. The van der Waals surface area contributed by atoms with Gasteiger partial charge in [-0.15, -0.1) is 23.1 Å². The number of ether oxygens (including phenoxy) is 1. The minimum atomic E-state index is -0.383.